The number of hydrogen-bond acceptors (Lipinski definition) is 3. The Morgan fingerprint density at radius 2 is 2.14 bits per heavy atom. The van der Waals surface area contributed by atoms with Gasteiger partial charge >= 0.3 is 5.97 Å². The van der Waals surface area contributed by atoms with Gasteiger partial charge in [0.05, 0.1) is 13.0 Å². The molecule has 0 aromatic carbocycles. The summed E-state index contributed by atoms with van der Waals surface area (Å²) in [6.07, 6.45) is 2.50. The van der Waals surface area contributed by atoms with E-state index in [4.69, 9.17) is 0 Å². The normalized spacial score (nSPS) is 32.1. The lowest BCUT2D eigenvalue weighted by molar-refractivity contribution is -0.146. The van der Waals surface area contributed by atoms with Crippen LogP contribution in [-0.2, 0) is 14.3 Å². The van der Waals surface area contributed by atoms with Crippen LogP contribution in [0.3, 0.4) is 0 Å². The second kappa shape index (κ2) is 3.26. The largest absolute Gasteiger partial charge is 0.469 e. The van der Waals surface area contributed by atoms with Crippen LogP contribution < -0.4 is 0 Å². The number of carbonyl (C=O) groups is 2. The zero-order chi connectivity index (χ0) is 10.3. The molecule has 2 rings (SSSR count). The average Bonchev–Trinajstić information content (AvgIpc) is 2.93. The van der Waals surface area contributed by atoms with Crippen LogP contribution in [0.2, 0.25) is 0 Å². The molecule has 0 spiro atoms. The minimum atomic E-state index is -0.256. The van der Waals surface area contributed by atoms with E-state index in [-0.39, 0.29) is 23.8 Å². The summed E-state index contributed by atoms with van der Waals surface area (Å²) < 4.78 is 4.68. The minimum absolute atomic E-state index is 0.0162. The highest BCUT2D eigenvalue weighted by Gasteiger charge is 2.47. The van der Waals surface area contributed by atoms with Gasteiger partial charge in [0.15, 0.2) is 0 Å². The molecule has 78 valence electrons. The fourth-order valence-corrected chi connectivity index (χ4v) is 2.21. The van der Waals surface area contributed by atoms with E-state index in [9.17, 15) is 9.59 Å². The molecular weight excluding hydrogens is 182 g/mol. The molecule has 0 radical (unpaired) electrons. The lowest BCUT2D eigenvalue weighted by Gasteiger charge is -2.23. The van der Waals surface area contributed by atoms with Crippen LogP contribution in [0.15, 0.2) is 0 Å². The third-order valence-electron chi connectivity index (χ3n) is 3.15. The second-order valence-corrected chi connectivity index (χ2v) is 4.11. The number of rotatable bonds is 2. The van der Waals surface area contributed by atoms with Crippen molar-refractivity contribution in [2.24, 2.45) is 5.92 Å². The van der Waals surface area contributed by atoms with Crippen molar-refractivity contribution in [3.05, 3.63) is 0 Å². The number of carbonyl (C=O) groups excluding carboxylic acids is 2. The molecule has 1 aliphatic carbocycles. The Hall–Kier alpha value is -1.06. The molecule has 2 aliphatic rings. The lowest BCUT2D eigenvalue weighted by atomic mass is 10.0. The van der Waals surface area contributed by atoms with Gasteiger partial charge in [0.2, 0.25) is 5.91 Å². The summed E-state index contributed by atoms with van der Waals surface area (Å²) >= 11 is 0. The van der Waals surface area contributed by atoms with Crippen molar-refractivity contribution in [1.82, 2.24) is 4.90 Å². The van der Waals surface area contributed by atoms with Crippen molar-refractivity contribution in [2.75, 3.05) is 7.11 Å². The highest BCUT2D eigenvalue weighted by molar-refractivity contribution is 5.88. The van der Waals surface area contributed by atoms with E-state index in [1.54, 1.807) is 0 Å². The van der Waals surface area contributed by atoms with Gasteiger partial charge in [-0.3, -0.25) is 9.59 Å². The van der Waals surface area contributed by atoms with Gasteiger partial charge < -0.3 is 9.64 Å². The first kappa shape index (κ1) is 9.49. The van der Waals surface area contributed by atoms with Gasteiger partial charge in [-0.1, -0.05) is 0 Å². The third-order valence-corrected chi connectivity index (χ3v) is 3.15. The van der Waals surface area contributed by atoms with Gasteiger partial charge in [0, 0.05) is 18.5 Å². The molecule has 2 fully saturated rings. The molecule has 0 aromatic rings. The Morgan fingerprint density at radius 1 is 1.50 bits per heavy atom. The smallest absolute Gasteiger partial charge is 0.311 e. The summed E-state index contributed by atoms with van der Waals surface area (Å²) in [5.74, 6) is -0.405. The van der Waals surface area contributed by atoms with E-state index >= 15 is 0 Å². The zero-order valence-electron chi connectivity index (χ0n) is 8.53. The number of nitrogens with zero attached hydrogens (tertiary/aromatic N) is 1. The number of hydrogen-bond donors (Lipinski definition) is 0. The van der Waals surface area contributed by atoms with Crippen LogP contribution in [0.5, 0.6) is 0 Å². The second-order valence-electron chi connectivity index (χ2n) is 4.11. The van der Waals surface area contributed by atoms with Crippen LogP contribution in [-0.4, -0.2) is 36.0 Å². The van der Waals surface area contributed by atoms with Gasteiger partial charge in [-0.25, -0.2) is 0 Å². The highest BCUT2D eigenvalue weighted by Crippen LogP contribution is 2.36. The van der Waals surface area contributed by atoms with Gasteiger partial charge in [-0.15, -0.1) is 0 Å². The fourth-order valence-electron chi connectivity index (χ4n) is 2.21. The van der Waals surface area contributed by atoms with E-state index in [0.29, 0.717) is 12.5 Å². The van der Waals surface area contributed by atoms with Crippen molar-refractivity contribution in [3.8, 4) is 0 Å². The molecule has 1 amide bonds. The van der Waals surface area contributed by atoms with E-state index in [1.807, 2.05) is 11.8 Å². The summed E-state index contributed by atoms with van der Waals surface area (Å²) in [5, 5.41) is 0. The maximum atomic E-state index is 11.6. The maximum absolute atomic E-state index is 11.6. The lowest BCUT2D eigenvalue weighted by Crippen LogP contribution is -2.36. The first-order valence-corrected chi connectivity index (χ1v) is 5.04. The zero-order valence-corrected chi connectivity index (χ0v) is 8.53. The first-order chi connectivity index (χ1) is 6.65. The van der Waals surface area contributed by atoms with Crippen LogP contribution in [0.25, 0.3) is 0 Å². The number of esters is 1. The SMILES string of the molecule is COC(=O)C1CC(=O)N(C2CC2)C1C. The molecule has 14 heavy (non-hydrogen) atoms. The number of likely N-dealkylation sites (tertiary alicyclic amines) is 1. The van der Waals surface area contributed by atoms with Gasteiger partial charge in [0.1, 0.15) is 0 Å². The summed E-state index contributed by atoms with van der Waals surface area (Å²) in [6, 6.07) is 0.412. The predicted molar refractivity (Wildman–Crippen MR) is 49.5 cm³/mol. The number of methoxy groups -OCH3 is 1. The summed E-state index contributed by atoms with van der Waals surface area (Å²) in [4.78, 5) is 24.8. The van der Waals surface area contributed by atoms with Crippen molar-refractivity contribution in [1.29, 1.82) is 0 Å². The summed E-state index contributed by atoms with van der Waals surface area (Å²) in [7, 11) is 1.37. The van der Waals surface area contributed by atoms with Gasteiger partial charge in [-0.05, 0) is 19.8 Å². The highest BCUT2D eigenvalue weighted by atomic mass is 16.5. The molecule has 0 bridgehead atoms. The topological polar surface area (TPSA) is 46.6 Å². The summed E-state index contributed by atoms with van der Waals surface area (Å²) in [6.45, 7) is 1.94. The molecular formula is C10H15NO3. The summed E-state index contributed by atoms with van der Waals surface area (Å²) in [5.41, 5.74) is 0. The molecule has 2 atom stereocenters. The van der Waals surface area contributed by atoms with E-state index < -0.39 is 0 Å². The van der Waals surface area contributed by atoms with Crippen LogP contribution >= 0.6 is 0 Å². The van der Waals surface area contributed by atoms with E-state index in [0.717, 1.165) is 12.8 Å². The fraction of sp³-hybridized carbons (Fsp3) is 0.800. The van der Waals surface area contributed by atoms with Crippen molar-refractivity contribution >= 4 is 11.9 Å². The number of amides is 1. The molecule has 1 saturated heterocycles. The molecule has 4 nitrogen and oxygen atoms in total. The van der Waals surface area contributed by atoms with Crippen molar-refractivity contribution < 1.29 is 14.3 Å². The van der Waals surface area contributed by atoms with Gasteiger partial charge in [0.25, 0.3) is 0 Å². The molecule has 1 saturated carbocycles. The predicted octanol–water partition coefficient (Wildman–Crippen LogP) is 0.559. The van der Waals surface area contributed by atoms with Crippen LogP contribution in [0.4, 0.5) is 0 Å². The Labute approximate surface area is 83.2 Å². The average molecular weight is 197 g/mol. The molecule has 2 unspecified atom stereocenters. The van der Waals surface area contributed by atoms with Crippen LogP contribution in [0, 0.1) is 5.92 Å². The minimum Gasteiger partial charge on any atom is -0.469 e. The van der Waals surface area contributed by atoms with E-state index in [1.165, 1.54) is 7.11 Å². The first-order valence-electron chi connectivity index (χ1n) is 5.04. The maximum Gasteiger partial charge on any atom is 0.311 e. The molecule has 1 aliphatic heterocycles. The van der Waals surface area contributed by atoms with Crippen LogP contribution in [0.1, 0.15) is 26.2 Å². The Balaban J connectivity index is 2.09. The van der Waals surface area contributed by atoms with Crippen molar-refractivity contribution in [3.63, 3.8) is 0 Å². The van der Waals surface area contributed by atoms with Crippen molar-refractivity contribution in [2.45, 2.75) is 38.3 Å². The standard InChI is InChI=1S/C10H15NO3/c1-6-8(10(13)14-2)5-9(12)11(6)7-3-4-7/h6-8H,3-5H2,1-2H3. The Kier molecular flexibility index (Phi) is 2.21. The Morgan fingerprint density at radius 3 is 2.64 bits per heavy atom. The molecule has 0 aromatic heterocycles. The van der Waals surface area contributed by atoms with Gasteiger partial charge in [-0.2, -0.15) is 0 Å². The molecule has 1 heterocycles. The number of ether oxygens (including phenoxy) is 1. The molecule has 0 N–H and O–H groups in total. The van der Waals surface area contributed by atoms with E-state index in [2.05, 4.69) is 4.74 Å². The molecule has 4 heteroatoms. The monoisotopic (exact) mass is 197 g/mol. The third kappa shape index (κ3) is 1.38. The quantitative estimate of drug-likeness (QED) is 0.608. The Bertz CT molecular complexity index is 273.